The number of benzene rings is 1. The number of hydrogen-bond acceptors (Lipinski definition) is 3. The van der Waals surface area contributed by atoms with Gasteiger partial charge < -0.3 is 10.2 Å². The highest BCUT2D eigenvalue weighted by Gasteiger charge is 2.16. The average molecular weight is 365 g/mol. The van der Waals surface area contributed by atoms with Gasteiger partial charge in [-0.05, 0) is 61.0 Å². The molecule has 0 unspecified atom stereocenters. The summed E-state index contributed by atoms with van der Waals surface area (Å²) in [6.07, 6.45) is 1.64. The molecule has 1 aromatic carbocycles. The summed E-state index contributed by atoms with van der Waals surface area (Å²) in [6, 6.07) is 7.89. The Bertz CT molecular complexity index is 632. The lowest BCUT2D eigenvalue weighted by Crippen LogP contribution is -2.21. The number of halogens is 1. The van der Waals surface area contributed by atoms with Crippen LogP contribution >= 0.6 is 15.9 Å². The van der Waals surface area contributed by atoms with Crippen LogP contribution in [0.15, 0.2) is 34.9 Å². The van der Waals surface area contributed by atoms with Crippen molar-refractivity contribution in [1.29, 1.82) is 0 Å². The number of anilines is 2. The van der Waals surface area contributed by atoms with Crippen molar-refractivity contribution in [2.75, 3.05) is 23.3 Å². The number of nitrogens with one attached hydrogen (secondary N) is 1. The van der Waals surface area contributed by atoms with Crippen molar-refractivity contribution in [3.05, 3.63) is 40.6 Å². The van der Waals surface area contributed by atoms with Crippen LogP contribution in [-0.2, 0) is 6.54 Å². The molecule has 2 rings (SSSR count). The Kier molecular flexibility index (Phi) is 5.60. The van der Waals surface area contributed by atoms with Crippen molar-refractivity contribution in [3.63, 3.8) is 0 Å². The summed E-state index contributed by atoms with van der Waals surface area (Å²) in [5, 5.41) is 7.07. The standard InChI is InChI=1S/C16H21BrN4O/c1-4-20(5-2)13-9-7-12(8-10-13)19-16(22)15-14(17)11-18-21(15)6-3/h7-11H,4-6H2,1-3H3,(H,19,22). The highest BCUT2D eigenvalue weighted by atomic mass is 79.9. The molecule has 1 aromatic heterocycles. The minimum atomic E-state index is -0.165. The number of carbonyl (C=O) groups is 1. The summed E-state index contributed by atoms with van der Waals surface area (Å²) in [7, 11) is 0. The molecule has 6 heteroatoms. The van der Waals surface area contributed by atoms with E-state index in [1.54, 1.807) is 10.9 Å². The molecule has 0 radical (unpaired) electrons. The lowest BCUT2D eigenvalue weighted by molar-refractivity contribution is 0.101. The molecule has 0 aliphatic rings. The number of hydrogen-bond donors (Lipinski definition) is 1. The first-order valence-corrected chi connectivity index (χ1v) is 8.27. The number of rotatable bonds is 6. The van der Waals surface area contributed by atoms with Crippen LogP contribution in [0.2, 0.25) is 0 Å². The van der Waals surface area contributed by atoms with Gasteiger partial charge in [0.05, 0.1) is 10.7 Å². The molecule has 0 aliphatic carbocycles. The molecule has 0 aliphatic heterocycles. The van der Waals surface area contributed by atoms with Crippen LogP contribution in [0.3, 0.4) is 0 Å². The van der Waals surface area contributed by atoms with Crippen molar-refractivity contribution in [1.82, 2.24) is 9.78 Å². The van der Waals surface area contributed by atoms with Crippen molar-refractivity contribution in [2.24, 2.45) is 0 Å². The monoisotopic (exact) mass is 364 g/mol. The lowest BCUT2D eigenvalue weighted by Gasteiger charge is -2.21. The van der Waals surface area contributed by atoms with E-state index in [4.69, 9.17) is 0 Å². The smallest absolute Gasteiger partial charge is 0.275 e. The highest BCUT2D eigenvalue weighted by Crippen LogP contribution is 2.20. The van der Waals surface area contributed by atoms with Crippen LogP contribution in [0.25, 0.3) is 0 Å². The lowest BCUT2D eigenvalue weighted by atomic mass is 10.2. The molecule has 2 aromatic rings. The fraction of sp³-hybridized carbons (Fsp3) is 0.375. The Labute approximate surface area is 139 Å². The molecule has 0 spiro atoms. The minimum Gasteiger partial charge on any atom is -0.372 e. The SMILES string of the molecule is CCN(CC)c1ccc(NC(=O)c2c(Br)cnn2CC)cc1. The first-order valence-electron chi connectivity index (χ1n) is 7.48. The zero-order chi connectivity index (χ0) is 16.1. The topological polar surface area (TPSA) is 50.2 Å². The van der Waals surface area contributed by atoms with E-state index in [2.05, 4.69) is 45.1 Å². The third kappa shape index (κ3) is 3.50. The van der Waals surface area contributed by atoms with Crippen LogP contribution in [0.4, 0.5) is 11.4 Å². The van der Waals surface area contributed by atoms with Gasteiger partial charge in [0.1, 0.15) is 5.69 Å². The predicted molar refractivity (Wildman–Crippen MR) is 93.6 cm³/mol. The molecule has 1 heterocycles. The zero-order valence-corrected chi connectivity index (χ0v) is 14.7. The molecule has 22 heavy (non-hydrogen) atoms. The summed E-state index contributed by atoms with van der Waals surface area (Å²) in [5.74, 6) is -0.165. The molecular weight excluding hydrogens is 344 g/mol. The molecule has 0 bridgehead atoms. The molecule has 0 saturated heterocycles. The number of amides is 1. The molecular formula is C16H21BrN4O. The van der Waals surface area contributed by atoms with Crippen LogP contribution in [0.1, 0.15) is 31.3 Å². The normalized spacial score (nSPS) is 10.5. The summed E-state index contributed by atoms with van der Waals surface area (Å²) in [5.41, 5.74) is 2.47. The summed E-state index contributed by atoms with van der Waals surface area (Å²) in [6.45, 7) is 8.78. The minimum absolute atomic E-state index is 0.165. The van der Waals surface area contributed by atoms with Gasteiger partial charge in [0.15, 0.2) is 0 Å². The van der Waals surface area contributed by atoms with E-state index >= 15 is 0 Å². The van der Waals surface area contributed by atoms with E-state index in [0.717, 1.165) is 24.5 Å². The zero-order valence-electron chi connectivity index (χ0n) is 13.1. The van der Waals surface area contributed by atoms with E-state index in [9.17, 15) is 4.79 Å². The first-order chi connectivity index (χ1) is 10.6. The maximum Gasteiger partial charge on any atom is 0.275 e. The Morgan fingerprint density at radius 1 is 1.23 bits per heavy atom. The van der Waals surface area contributed by atoms with E-state index in [1.165, 1.54) is 0 Å². The molecule has 5 nitrogen and oxygen atoms in total. The van der Waals surface area contributed by atoms with E-state index < -0.39 is 0 Å². The Balaban J connectivity index is 2.13. The summed E-state index contributed by atoms with van der Waals surface area (Å²) in [4.78, 5) is 14.7. The number of carbonyl (C=O) groups excluding carboxylic acids is 1. The van der Waals surface area contributed by atoms with Gasteiger partial charge in [0, 0.05) is 31.0 Å². The van der Waals surface area contributed by atoms with Gasteiger partial charge in [-0.2, -0.15) is 5.10 Å². The quantitative estimate of drug-likeness (QED) is 0.848. The van der Waals surface area contributed by atoms with Gasteiger partial charge in [0.2, 0.25) is 0 Å². The van der Waals surface area contributed by atoms with Gasteiger partial charge in [-0.3, -0.25) is 9.48 Å². The van der Waals surface area contributed by atoms with Crippen molar-refractivity contribution in [2.45, 2.75) is 27.3 Å². The summed E-state index contributed by atoms with van der Waals surface area (Å²) < 4.78 is 2.37. The fourth-order valence-corrected chi connectivity index (χ4v) is 2.84. The second kappa shape index (κ2) is 7.45. The fourth-order valence-electron chi connectivity index (χ4n) is 2.36. The highest BCUT2D eigenvalue weighted by molar-refractivity contribution is 9.10. The van der Waals surface area contributed by atoms with Crippen LogP contribution in [-0.4, -0.2) is 28.8 Å². The van der Waals surface area contributed by atoms with Gasteiger partial charge in [0.25, 0.3) is 5.91 Å². The van der Waals surface area contributed by atoms with Gasteiger partial charge in [-0.15, -0.1) is 0 Å². The molecule has 0 atom stereocenters. The third-order valence-electron chi connectivity index (χ3n) is 3.56. The number of nitrogens with zero attached hydrogens (tertiary/aromatic N) is 3. The van der Waals surface area contributed by atoms with Crippen LogP contribution in [0, 0.1) is 0 Å². The molecule has 0 fully saturated rings. The molecule has 118 valence electrons. The second-order valence-electron chi connectivity index (χ2n) is 4.83. The number of aryl methyl sites for hydroxylation is 1. The molecule has 1 amide bonds. The Morgan fingerprint density at radius 2 is 1.86 bits per heavy atom. The third-order valence-corrected chi connectivity index (χ3v) is 4.14. The average Bonchev–Trinajstić information content (AvgIpc) is 2.91. The van der Waals surface area contributed by atoms with Gasteiger partial charge >= 0.3 is 0 Å². The van der Waals surface area contributed by atoms with Crippen molar-refractivity contribution < 1.29 is 4.79 Å². The van der Waals surface area contributed by atoms with E-state index in [1.807, 2.05) is 31.2 Å². The van der Waals surface area contributed by atoms with E-state index in [0.29, 0.717) is 16.7 Å². The van der Waals surface area contributed by atoms with Crippen LogP contribution < -0.4 is 10.2 Å². The van der Waals surface area contributed by atoms with Crippen molar-refractivity contribution >= 4 is 33.2 Å². The largest absolute Gasteiger partial charge is 0.372 e. The van der Waals surface area contributed by atoms with Crippen molar-refractivity contribution in [3.8, 4) is 0 Å². The van der Waals surface area contributed by atoms with Gasteiger partial charge in [-0.25, -0.2) is 0 Å². The molecule has 1 N–H and O–H groups in total. The Morgan fingerprint density at radius 3 is 2.41 bits per heavy atom. The van der Waals surface area contributed by atoms with Crippen LogP contribution in [0.5, 0.6) is 0 Å². The summed E-state index contributed by atoms with van der Waals surface area (Å²) >= 11 is 3.37. The maximum atomic E-state index is 12.4. The second-order valence-corrected chi connectivity index (χ2v) is 5.68. The van der Waals surface area contributed by atoms with Gasteiger partial charge in [-0.1, -0.05) is 0 Å². The first kappa shape index (κ1) is 16.5. The number of aromatic nitrogens is 2. The maximum absolute atomic E-state index is 12.4. The van der Waals surface area contributed by atoms with E-state index in [-0.39, 0.29) is 5.91 Å². The molecule has 0 saturated carbocycles. The predicted octanol–water partition coefficient (Wildman–Crippen LogP) is 3.76. The Hall–Kier alpha value is -1.82.